The van der Waals surface area contributed by atoms with Crippen LogP contribution < -0.4 is 10.1 Å². The zero-order valence-corrected chi connectivity index (χ0v) is 20.0. The van der Waals surface area contributed by atoms with E-state index in [9.17, 15) is 9.59 Å². The van der Waals surface area contributed by atoms with E-state index in [1.165, 1.54) is 12.1 Å². The van der Waals surface area contributed by atoms with Gasteiger partial charge in [0.15, 0.2) is 6.61 Å². The van der Waals surface area contributed by atoms with Crippen LogP contribution in [0.25, 0.3) is 6.08 Å². The van der Waals surface area contributed by atoms with Gasteiger partial charge in [-0.05, 0) is 54.1 Å². The molecular formula is C24H17Cl4NO4. The van der Waals surface area contributed by atoms with Crippen molar-refractivity contribution in [3.63, 3.8) is 0 Å². The molecule has 0 atom stereocenters. The van der Waals surface area contributed by atoms with Gasteiger partial charge in [0.2, 0.25) is 0 Å². The number of carbonyl (C=O) groups is 2. The van der Waals surface area contributed by atoms with Crippen LogP contribution in [0.15, 0.2) is 66.7 Å². The summed E-state index contributed by atoms with van der Waals surface area (Å²) in [7, 11) is 0. The van der Waals surface area contributed by atoms with Crippen molar-refractivity contribution in [2.45, 2.75) is 6.61 Å². The molecule has 9 heteroatoms. The lowest BCUT2D eigenvalue weighted by atomic mass is 10.2. The second-order valence-electron chi connectivity index (χ2n) is 6.68. The van der Waals surface area contributed by atoms with Crippen LogP contribution in [0.5, 0.6) is 5.75 Å². The largest absolute Gasteiger partial charge is 0.489 e. The average molecular weight is 525 g/mol. The van der Waals surface area contributed by atoms with E-state index in [0.29, 0.717) is 37.1 Å². The molecule has 0 aromatic heterocycles. The molecule has 0 fully saturated rings. The lowest BCUT2D eigenvalue weighted by Crippen LogP contribution is -2.20. The Kier molecular flexibility index (Phi) is 9.03. The molecule has 0 spiro atoms. The molecule has 3 rings (SSSR count). The maximum absolute atomic E-state index is 11.9. The summed E-state index contributed by atoms with van der Waals surface area (Å²) < 4.78 is 10.7. The molecule has 0 heterocycles. The van der Waals surface area contributed by atoms with Gasteiger partial charge in [-0.15, -0.1) is 0 Å². The molecule has 0 unspecified atom stereocenters. The Labute approximate surface area is 210 Å². The Morgan fingerprint density at radius 2 is 1.55 bits per heavy atom. The van der Waals surface area contributed by atoms with E-state index in [1.54, 1.807) is 60.7 Å². The minimum absolute atomic E-state index is 0.226. The van der Waals surface area contributed by atoms with E-state index < -0.39 is 18.5 Å². The summed E-state index contributed by atoms with van der Waals surface area (Å²) in [4.78, 5) is 23.8. The van der Waals surface area contributed by atoms with E-state index in [1.807, 2.05) is 0 Å². The van der Waals surface area contributed by atoms with Gasteiger partial charge in [-0.1, -0.05) is 64.6 Å². The van der Waals surface area contributed by atoms with Gasteiger partial charge < -0.3 is 14.8 Å². The van der Waals surface area contributed by atoms with Crippen LogP contribution >= 0.6 is 46.4 Å². The molecule has 0 saturated carbocycles. The molecular weight excluding hydrogens is 508 g/mol. The Hall–Kier alpha value is -2.70. The number of halogens is 4. The first kappa shape index (κ1) is 24.9. The van der Waals surface area contributed by atoms with Crippen molar-refractivity contribution in [2.24, 2.45) is 0 Å². The van der Waals surface area contributed by atoms with Crippen LogP contribution in [-0.2, 0) is 20.9 Å². The van der Waals surface area contributed by atoms with Crippen LogP contribution in [0.3, 0.4) is 0 Å². The van der Waals surface area contributed by atoms with Crippen molar-refractivity contribution in [3.8, 4) is 5.75 Å². The van der Waals surface area contributed by atoms with E-state index >= 15 is 0 Å². The Bertz CT molecular complexity index is 1160. The number of ether oxygens (including phenoxy) is 2. The molecule has 3 aromatic carbocycles. The van der Waals surface area contributed by atoms with E-state index in [-0.39, 0.29) is 6.61 Å². The molecule has 1 N–H and O–H groups in total. The molecule has 0 bridgehead atoms. The predicted molar refractivity (Wildman–Crippen MR) is 132 cm³/mol. The summed E-state index contributed by atoms with van der Waals surface area (Å²) in [5.41, 5.74) is 1.89. The second kappa shape index (κ2) is 12.0. The summed E-state index contributed by atoms with van der Waals surface area (Å²) in [6.07, 6.45) is 2.79. The lowest BCUT2D eigenvalue weighted by Gasteiger charge is -2.09. The van der Waals surface area contributed by atoms with Crippen LogP contribution in [0, 0.1) is 0 Å². The molecule has 0 aliphatic carbocycles. The highest BCUT2D eigenvalue weighted by molar-refractivity contribution is 6.42. The zero-order valence-electron chi connectivity index (χ0n) is 17.0. The SMILES string of the molecule is O=C(COC(=O)/C=C/c1ccc(OCc2c(Cl)cccc2Cl)cc1)Nc1ccc(Cl)c(Cl)c1. The fraction of sp³-hybridized carbons (Fsp3) is 0.0833. The molecule has 33 heavy (non-hydrogen) atoms. The maximum Gasteiger partial charge on any atom is 0.331 e. The van der Waals surface area contributed by atoms with Gasteiger partial charge in [-0.3, -0.25) is 4.79 Å². The summed E-state index contributed by atoms with van der Waals surface area (Å²) in [6.45, 7) is -0.217. The van der Waals surface area contributed by atoms with E-state index in [2.05, 4.69) is 5.32 Å². The summed E-state index contributed by atoms with van der Waals surface area (Å²) >= 11 is 24.0. The highest BCUT2D eigenvalue weighted by Crippen LogP contribution is 2.26. The first-order chi connectivity index (χ1) is 15.8. The molecule has 5 nitrogen and oxygen atoms in total. The molecule has 0 saturated heterocycles. The smallest absolute Gasteiger partial charge is 0.331 e. The van der Waals surface area contributed by atoms with Crippen LogP contribution in [0.2, 0.25) is 20.1 Å². The highest BCUT2D eigenvalue weighted by atomic mass is 35.5. The monoisotopic (exact) mass is 523 g/mol. The quantitative estimate of drug-likeness (QED) is 0.252. The minimum Gasteiger partial charge on any atom is -0.489 e. The number of benzene rings is 3. The number of hydrogen-bond donors (Lipinski definition) is 1. The average Bonchev–Trinajstić information content (AvgIpc) is 2.79. The van der Waals surface area contributed by atoms with Crippen molar-refractivity contribution in [1.29, 1.82) is 0 Å². The molecule has 170 valence electrons. The third-order valence-electron chi connectivity index (χ3n) is 4.29. The van der Waals surface area contributed by atoms with Crippen LogP contribution in [0.4, 0.5) is 5.69 Å². The van der Waals surface area contributed by atoms with Crippen LogP contribution in [-0.4, -0.2) is 18.5 Å². The van der Waals surface area contributed by atoms with Gasteiger partial charge in [0, 0.05) is 27.4 Å². The Morgan fingerprint density at radius 1 is 0.848 bits per heavy atom. The Balaban J connectivity index is 1.45. The number of carbonyl (C=O) groups excluding carboxylic acids is 2. The number of esters is 1. The van der Waals surface area contributed by atoms with Gasteiger partial charge in [0.05, 0.1) is 10.0 Å². The number of amides is 1. The molecule has 0 radical (unpaired) electrons. The number of rotatable bonds is 8. The fourth-order valence-electron chi connectivity index (χ4n) is 2.62. The molecule has 1 amide bonds. The van der Waals surface area contributed by atoms with Gasteiger partial charge in [-0.2, -0.15) is 0 Å². The third kappa shape index (κ3) is 7.69. The number of anilines is 1. The fourth-order valence-corrected chi connectivity index (χ4v) is 3.43. The maximum atomic E-state index is 11.9. The topological polar surface area (TPSA) is 64.6 Å². The molecule has 0 aliphatic rings. The summed E-state index contributed by atoms with van der Waals surface area (Å²) in [5.74, 6) is -0.548. The van der Waals surface area contributed by atoms with Crippen molar-refractivity contribution in [3.05, 3.63) is 98.0 Å². The summed E-state index contributed by atoms with van der Waals surface area (Å²) in [5, 5.41) is 4.30. The zero-order chi connectivity index (χ0) is 23.8. The van der Waals surface area contributed by atoms with Gasteiger partial charge in [0.1, 0.15) is 12.4 Å². The van der Waals surface area contributed by atoms with Gasteiger partial charge >= 0.3 is 5.97 Å². The normalized spacial score (nSPS) is 10.8. The molecule has 3 aromatic rings. The van der Waals surface area contributed by atoms with Gasteiger partial charge in [-0.25, -0.2) is 4.79 Å². The van der Waals surface area contributed by atoms with Crippen molar-refractivity contribution in [1.82, 2.24) is 0 Å². The minimum atomic E-state index is -0.659. The van der Waals surface area contributed by atoms with Crippen molar-refractivity contribution >= 4 is 70.0 Å². The number of nitrogens with one attached hydrogen (secondary N) is 1. The Morgan fingerprint density at radius 3 is 2.21 bits per heavy atom. The third-order valence-corrected chi connectivity index (χ3v) is 5.73. The highest BCUT2D eigenvalue weighted by Gasteiger charge is 2.08. The standard InChI is InChI=1S/C24H17Cl4NO4/c25-19-2-1-3-20(26)18(19)13-32-17-8-4-15(5-9-17)6-11-24(31)33-14-23(30)29-16-7-10-21(27)22(28)12-16/h1-12H,13-14H2,(H,29,30)/b11-6+. The lowest BCUT2D eigenvalue weighted by molar-refractivity contribution is -0.142. The summed E-state index contributed by atoms with van der Waals surface area (Å²) in [6, 6.07) is 16.9. The van der Waals surface area contributed by atoms with Gasteiger partial charge in [0.25, 0.3) is 5.91 Å². The second-order valence-corrected chi connectivity index (χ2v) is 8.30. The van der Waals surface area contributed by atoms with Crippen molar-refractivity contribution in [2.75, 3.05) is 11.9 Å². The first-order valence-corrected chi connectivity index (χ1v) is 11.1. The van der Waals surface area contributed by atoms with Crippen molar-refractivity contribution < 1.29 is 19.1 Å². The van der Waals surface area contributed by atoms with E-state index in [0.717, 1.165) is 5.56 Å². The predicted octanol–water partition coefficient (Wildman–Crippen LogP) is 7.07. The van der Waals surface area contributed by atoms with Crippen LogP contribution in [0.1, 0.15) is 11.1 Å². The number of hydrogen-bond acceptors (Lipinski definition) is 4. The molecule has 0 aliphatic heterocycles. The first-order valence-electron chi connectivity index (χ1n) is 9.57. The van der Waals surface area contributed by atoms with E-state index in [4.69, 9.17) is 55.9 Å².